The molecule has 21 heavy (non-hydrogen) atoms. The molecule has 0 atom stereocenters. The second-order valence-corrected chi connectivity index (χ2v) is 5.58. The number of hydrogen-bond acceptors (Lipinski definition) is 4. The summed E-state index contributed by atoms with van der Waals surface area (Å²) in [5.41, 5.74) is 1.77. The third-order valence-corrected chi connectivity index (χ3v) is 3.91. The Balaban J connectivity index is 1.57. The highest BCUT2D eigenvalue weighted by Crippen LogP contribution is 2.32. The normalized spacial score (nSPS) is 15.3. The summed E-state index contributed by atoms with van der Waals surface area (Å²) in [6, 6.07) is 7.46. The summed E-state index contributed by atoms with van der Waals surface area (Å²) in [4.78, 5) is 16.4. The predicted molar refractivity (Wildman–Crippen MR) is 77.9 cm³/mol. The number of benzene rings is 1. The van der Waals surface area contributed by atoms with E-state index in [4.69, 9.17) is 4.52 Å². The van der Waals surface area contributed by atoms with Gasteiger partial charge in [0.2, 0.25) is 5.89 Å². The van der Waals surface area contributed by atoms with Gasteiger partial charge < -0.3 is 9.84 Å². The Morgan fingerprint density at radius 2 is 2.00 bits per heavy atom. The number of rotatable bonds is 4. The third kappa shape index (κ3) is 3.29. The van der Waals surface area contributed by atoms with Crippen LogP contribution in [0.4, 0.5) is 0 Å². The topological polar surface area (TPSA) is 68.0 Å². The second-order valence-electron chi connectivity index (χ2n) is 5.58. The number of hydrogen-bond donors (Lipinski definition) is 1. The highest BCUT2D eigenvalue weighted by Gasteiger charge is 2.22. The molecule has 5 nitrogen and oxygen atoms in total. The molecule has 0 spiro atoms. The first-order valence-electron chi connectivity index (χ1n) is 7.40. The number of aromatic nitrogens is 2. The molecule has 5 heteroatoms. The molecule has 1 aromatic carbocycles. The van der Waals surface area contributed by atoms with Crippen LogP contribution in [0.5, 0.6) is 0 Å². The lowest BCUT2D eigenvalue weighted by atomic mass is 10.1. The van der Waals surface area contributed by atoms with E-state index >= 15 is 0 Å². The van der Waals surface area contributed by atoms with Crippen molar-refractivity contribution in [3.8, 4) is 0 Å². The van der Waals surface area contributed by atoms with Crippen molar-refractivity contribution in [2.75, 3.05) is 0 Å². The van der Waals surface area contributed by atoms with Crippen molar-refractivity contribution < 1.29 is 9.32 Å². The van der Waals surface area contributed by atoms with Crippen LogP contribution in [0.15, 0.2) is 28.8 Å². The van der Waals surface area contributed by atoms with Gasteiger partial charge in [0.25, 0.3) is 5.91 Å². The smallest absolute Gasteiger partial charge is 0.251 e. The van der Waals surface area contributed by atoms with Gasteiger partial charge in [0.05, 0.1) is 6.54 Å². The van der Waals surface area contributed by atoms with Crippen molar-refractivity contribution >= 4 is 5.91 Å². The van der Waals surface area contributed by atoms with Crippen LogP contribution in [-0.2, 0) is 6.54 Å². The van der Waals surface area contributed by atoms with Gasteiger partial charge in [-0.2, -0.15) is 4.98 Å². The van der Waals surface area contributed by atoms with Gasteiger partial charge in [0, 0.05) is 11.5 Å². The van der Waals surface area contributed by atoms with E-state index in [0.717, 1.165) is 18.4 Å². The number of amides is 1. The van der Waals surface area contributed by atoms with E-state index in [9.17, 15) is 4.79 Å². The maximum atomic E-state index is 12.0. The van der Waals surface area contributed by atoms with Crippen LogP contribution in [-0.4, -0.2) is 16.0 Å². The molecule has 0 radical (unpaired) electrons. The fraction of sp³-hybridized carbons (Fsp3) is 0.438. The van der Waals surface area contributed by atoms with Crippen molar-refractivity contribution in [1.82, 2.24) is 15.5 Å². The van der Waals surface area contributed by atoms with Gasteiger partial charge in [-0.3, -0.25) is 4.79 Å². The summed E-state index contributed by atoms with van der Waals surface area (Å²) in [6.07, 6.45) is 4.70. The van der Waals surface area contributed by atoms with Gasteiger partial charge in [0.1, 0.15) is 0 Å². The van der Waals surface area contributed by atoms with E-state index < -0.39 is 0 Å². The molecule has 2 aromatic rings. The molecular formula is C16H19N3O2. The van der Waals surface area contributed by atoms with Crippen molar-refractivity contribution in [2.45, 2.75) is 45.1 Å². The first-order chi connectivity index (χ1) is 10.2. The molecule has 3 rings (SSSR count). The number of carbonyl (C=O) groups is 1. The molecular weight excluding hydrogens is 266 g/mol. The lowest BCUT2D eigenvalue weighted by Crippen LogP contribution is -2.23. The van der Waals surface area contributed by atoms with Crippen LogP contribution in [0, 0.1) is 6.92 Å². The van der Waals surface area contributed by atoms with E-state index in [1.807, 2.05) is 31.2 Å². The number of nitrogens with zero attached hydrogens (tertiary/aromatic N) is 2. The standard InChI is InChI=1S/C16H19N3O2/c1-11-6-8-12(9-7-11)15(20)17-10-14-18-16(21-19-14)13-4-2-3-5-13/h6-9,13H,2-5,10H2,1H3,(H,17,20). The van der Waals surface area contributed by atoms with Crippen LogP contribution in [0.1, 0.15) is 59.2 Å². The minimum Gasteiger partial charge on any atom is -0.345 e. The number of aryl methyl sites for hydroxylation is 1. The Bertz CT molecular complexity index is 613. The minimum atomic E-state index is -0.123. The van der Waals surface area contributed by atoms with Crippen LogP contribution in [0.3, 0.4) is 0 Å². The van der Waals surface area contributed by atoms with Crippen LogP contribution in [0.25, 0.3) is 0 Å². The van der Waals surface area contributed by atoms with Crippen LogP contribution >= 0.6 is 0 Å². The molecule has 1 aliphatic carbocycles. The second kappa shape index (κ2) is 6.08. The molecule has 1 saturated carbocycles. The summed E-state index contributed by atoms with van der Waals surface area (Å²) in [7, 11) is 0. The van der Waals surface area contributed by atoms with Gasteiger partial charge in [-0.15, -0.1) is 0 Å². The van der Waals surface area contributed by atoms with Crippen molar-refractivity contribution in [1.29, 1.82) is 0 Å². The lowest BCUT2D eigenvalue weighted by molar-refractivity contribution is 0.0949. The molecule has 110 valence electrons. The highest BCUT2D eigenvalue weighted by molar-refractivity contribution is 5.94. The summed E-state index contributed by atoms with van der Waals surface area (Å²) in [5.74, 6) is 1.53. The van der Waals surface area contributed by atoms with Crippen molar-refractivity contribution in [3.63, 3.8) is 0 Å². The third-order valence-electron chi connectivity index (χ3n) is 3.91. The predicted octanol–water partition coefficient (Wildman–Crippen LogP) is 2.97. The molecule has 0 aliphatic heterocycles. The minimum absolute atomic E-state index is 0.123. The average Bonchev–Trinajstić information content (AvgIpc) is 3.16. The maximum Gasteiger partial charge on any atom is 0.251 e. The van der Waals surface area contributed by atoms with E-state index in [0.29, 0.717) is 29.7 Å². The Hall–Kier alpha value is -2.17. The fourth-order valence-corrected chi connectivity index (χ4v) is 2.64. The summed E-state index contributed by atoms with van der Waals surface area (Å²) < 4.78 is 5.29. The van der Waals surface area contributed by atoms with E-state index in [-0.39, 0.29) is 5.91 Å². The van der Waals surface area contributed by atoms with Crippen LogP contribution in [0.2, 0.25) is 0 Å². The van der Waals surface area contributed by atoms with Crippen molar-refractivity contribution in [2.24, 2.45) is 0 Å². The molecule has 1 aromatic heterocycles. The van der Waals surface area contributed by atoms with Gasteiger partial charge in [-0.1, -0.05) is 35.7 Å². The summed E-state index contributed by atoms with van der Waals surface area (Å²) in [6.45, 7) is 2.29. The Morgan fingerprint density at radius 3 is 2.71 bits per heavy atom. The molecule has 1 aliphatic rings. The van der Waals surface area contributed by atoms with E-state index in [1.165, 1.54) is 12.8 Å². The number of nitrogens with one attached hydrogen (secondary N) is 1. The molecule has 0 bridgehead atoms. The quantitative estimate of drug-likeness (QED) is 0.937. The monoisotopic (exact) mass is 285 g/mol. The largest absolute Gasteiger partial charge is 0.345 e. The van der Waals surface area contributed by atoms with Gasteiger partial charge in [-0.05, 0) is 31.9 Å². The first-order valence-corrected chi connectivity index (χ1v) is 7.40. The van der Waals surface area contributed by atoms with Gasteiger partial charge in [0.15, 0.2) is 5.82 Å². The Morgan fingerprint density at radius 1 is 1.29 bits per heavy atom. The zero-order valence-electron chi connectivity index (χ0n) is 12.1. The highest BCUT2D eigenvalue weighted by atomic mass is 16.5. The van der Waals surface area contributed by atoms with Gasteiger partial charge >= 0.3 is 0 Å². The Kier molecular flexibility index (Phi) is 3.99. The zero-order chi connectivity index (χ0) is 14.7. The summed E-state index contributed by atoms with van der Waals surface area (Å²) >= 11 is 0. The SMILES string of the molecule is Cc1ccc(C(=O)NCc2noc(C3CCCC3)n2)cc1. The van der Waals surface area contributed by atoms with E-state index in [1.54, 1.807) is 0 Å². The number of carbonyl (C=O) groups excluding carboxylic acids is 1. The fourth-order valence-electron chi connectivity index (χ4n) is 2.64. The Labute approximate surface area is 123 Å². The average molecular weight is 285 g/mol. The van der Waals surface area contributed by atoms with Crippen LogP contribution < -0.4 is 5.32 Å². The molecule has 0 unspecified atom stereocenters. The first kappa shape index (κ1) is 13.8. The van der Waals surface area contributed by atoms with Gasteiger partial charge in [-0.25, -0.2) is 0 Å². The molecule has 1 N–H and O–H groups in total. The zero-order valence-corrected chi connectivity index (χ0v) is 12.1. The maximum absolute atomic E-state index is 12.0. The molecule has 1 fully saturated rings. The summed E-state index contributed by atoms with van der Waals surface area (Å²) in [5, 5.41) is 6.75. The molecule has 0 saturated heterocycles. The molecule has 1 heterocycles. The van der Waals surface area contributed by atoms with E-state index in [2.05, 4.69) is 15.5 Å². The molecule has 1 amide bonds. The lowest BCUT2D eigenvalue weighted by Gasteiger charge is -2.02. The van der Waals surface area contributed by atoms with Crippen molar-refractivity contribution in [3.05, 3.63) is 47.1 Å².